The minimum Gasteiger partial charge on any atom is -0.495 e. The number of halogens is 1. The molecule has 0 N–H and O–H groups in total. The van der Waals surface area contributed by atoms with Crippen molar-refractivity contribution in [3.8, 4) is 5.75 Å². The molecule has 0 bridgehead atoms. The average Bonchev–Trinajstić information content (AvgIpc) is 2.80. The predicted molar refractivity (Wildman–Crippen MR) is 81.5 cm³/mol. The smallest absolute Gasteiger partial charge is 0.257 e. The van der Waals surface area contributed by atoms with E-state index < -0.39 is 10.0 Å². The molecule has 0 unspecified atom stereocenters. The number of hydrogen-bond acceptors (Lipinski definition) is 5. The van der Waals surface area contributed by atoms with Crippen LogP contribution in [0.25, 0.3) is 5.70 Å². The minimum atomic E-state index is -3.32. The molecular formula is C12H11ClN2O3S2. The number of nitrogens with zero attached hydrogens (tertiary/aromatic N) is 2. The van der Waals surface area contributed by atoms with E-state index in [9.17, 15) is 8.42 Å². The van der Waals surface area contributed by atoms with Gasteiger partial charge < -0.3 is 9.64 Å². The van der Waals surface area contributed by atoms with E-state index in [1.54, 1.807) is 19.2 Å². The zero-order chi connectivity index (χ0) is 14.3. The van der Waals surface area contributed by atoms with Crippen LogP contribution < -0.4 is 4.74 Å². The van der Waals surface area contributed by atoms with E-state index in [0.717, 1.165) is 11.3 Å². The first-order valence-electron chi connectivity index (χ1n) is 5.81. The molecule has 0 amide bonds. The number of sulfonamides is 1. The van der Waals surface area contributed by atoms with Gasteiger partial charge in [0.2, 0.25) is 0 Å². The van der Waals surface area contributed by atoms with Gasteiger partial charge in [-0.05, 0) is 18.2 Å². The summed E-state index contributed by atoms with van der Waals surface area (Å²) < 4.78 is 31.9. The number of ether oxygens (including phenoxy) is 1. The lowest BCUT2D eigenvalue weighted by Crippen LogP contribution is -2.34. The Labute approximate surface area is 126 Å². The quantitative estimate of drug-likeness (QED) is 0.833. The van der Waals surface area contributed by atoms with E-state index in [-0.39, 0.29) is 5.75 Å². The lowest BCUT2D eigenvalue weighted by atomic mass is 10.1. The molecule has 2 aliphatic rings. The maximum Gasteiger partial charge on any atom is 0.257 e. The zero-order valence-corrected chi connectivity index (χ0v) is 12.9. The summed E-state index contributed by atoms with van der Waals surface area (Å²) >= 11 is 7.43. The second-order valence-corrected chi connectivity index (χ2v) is 7.28. The highest BCUT2D eigenvalue weighted by Gasteiger charge is 2.31. The van der Waals surface area contributed by atoms with Crippen molar-refractivity contribution in [2.45, 2.75) is 0 Å². The monoisotopic (exact) mass is 330 g/mol. The Kier molecular flexibility index (Phi) is 3.43. The average molecular weight is 331 g/mol. The van der Waals surface area contributed by atoms with Crippen molar-refractivity contribution < 1.29 is 13.2 Å². The molecule has 0 aliphatic carbocycles. The molecule has 1 aromatic rings. The molecule has 2 heterocycles. The first-order chi connectivity index (χ1) is 9.50. The van der Waals surface area contributed by atoms with Crippen LogP contribution in [0.15, 0.2) is 28.0 Å². The molecule has 1 aromatic carbocycles. The van der Waals surface area contributed by atoms with Gasteiger partial charge in [0, 0.05) is 17.5 Å². The van der Waals surface area contributed by atoms with Gasteiger partial charge in [0.25, 0.3) is 10.0 Å². The van der Waals surface area contributed by atoms with E-state index in [2.05, 4.69) is 4.40 Å². The Balaban J connectivity index is 1.96. The Morgan fingerprint density at radius 2 is 2.25 bits per heavy atom. The number of benzene rings is 1. The molecule has 5 nitrogen and oxygen atoms in total. The normalized spacial score (nSPS) is 20.2. The number of fused-ring (bicyclic) bond motifs is 1. The van der Waals surface area contributed by atoms with Gasteiger partial charge in [-0.15, -0.1) is 4.40 Å². The van der Waals surface area contributed by atoms with E-state index in [0.29, 0.717) is 22.5 Å². The molecule has 0 saturated heterocycles. The first-order valence-corrected chi connectivity index (χ1v) is 8.68. The van der Waals surface area contributed by atoms with Crippen molar-refractivity contribution in [2.75, 3.05) is 19.4 Å². The molecule has 0 saturated carbocycles. The third-order valence-electron chi connectivity index (χ3n) is 3.04. The van der Waals surface area contributed by atoms with Gasteiger partial charge in [-0.25, -0.2) is 8.42 Å². The van der Waals surface area contributed by atoms with Crippen molar-refractivity contribution in [3.05, 3.63) is 34.2 Å². The van der Waals surface area contributed by atoms with Crippen LogP contribution in [0.5, 0.6) is 5.75 Å². The second-order valence-electron chi connectivity index (χ2n) is 4.28. The van der Waals surface area contributed by atoms with Crippen LogP contribution in [0.2, 0.25) is 5.02 Å². The molecule has 0 aromatic heterocycles. The van der Waals surface area contributed by atoms with Crippen LogP contribution in [0.4, 0.5) is 0 Å². The van der Waals surface area contributed by atoms with Crippen LogP contribution in [-0.2, 0) is 10.0 Å². The zero-order valence-electron chi connectivity index (χ0n) is 10.5. The number of hydrogen-bond donors (Lipinski definition) is 0. The second kappa shape index (κ2) is 4.98. The molecule has 20 heavy (non-hydrogen) atoms. The molecule has 106 valence electrons. The van der Waals surface area contributed by atoms with Crippen molar-refractivity contribution in [1.29, 1.82) is 0 Å². The summed E-state index contributed by atoms with van der Waals surface area (Å²) in [6, 6.07) is 5.49. The van der Waals surface area contributed by atoms with Gasteiger partial charge >= 0.3 is 0 Å². The van der Waals surface area contributed by atoms with Crippen LogP contribution >= 0.6 is 23.4 Å². The Bertz CT molecular complexity index is 728. The fourth-order valence-electron chi connectivity index (χ4n) is 2.05. The van der Waals surface area contributed by atoms with Gasteiger partial charge in [-0.2, -0.15) is 0 Å². The maximum absolute atomic E-state index is 11.5. The SMILES string of the molecule is COc1ccc(C2=CSC3=NS(=O)(=O)CCN23)cc1Cl. The van der Waals surface area contributed by atoms with Crippen LogP contribution in [0.3, 0.4) is 0 Å². The highest BCUT2D eigenvalue weighted by molar-refractivity contribution is 8.17. The summed E-state index contributed by atoms with van der Waals surface area (Å²) in [5.41, 5.74) is 1.82. The van der Waals surface area contributed by atoms with E-state index in [1.165, 1.54) is 11.8 Å². The summed E-state index contributed by atoms with van der Waals surface area (Å²) in [7, 11) is -1.75. The van der Waals surface area contributed by atoms with Crippen LogP contribution in [0.1, 0.15) is 5.56 Å². The molecule has 0 radical (unpaired) electrons. The van der Waals surface area contributed by atoms with E-state index in [1.807, 2.05) is 16.4 Å². The van der Waals surface area contributed by atoms with E-state index in [4.69, 9.17) is 16.3 Å². The molecule has 3 rings (SSSR count). The van der Waals surface area contributed by atoms with Gasteiger partial charge in [0.1, 0.15) is 5.75 Å². The van der Waals surface area contributed by atoms with Gasteiger partial charge in [-0.1, -0.05) is 23.4 Å². The maximum atomic E-state index is 11.5. The van der Waals surface area contributed by atoms with Gasteiger partial charge in [-0.3, -0.25) is 0 Å². The lowest BCUT2D eigenvalue weighted by molar-refractivity contribution is 0.415. The molecule has 2 aliphatic heterocycles. The van der Waals surface area contributed by atoms with Crippen LogP contribution in [-0.4, -0.2) is 37.9 Å². The number of rotatable bonds is 2. The molecule has 8 heteroatoms. The fraction of sp³-hybridized carbons (Fsp3) is 0.250. The third kappa shape index (κ3) is 2.41. The first kappa shape index (κ1) is 13.8. The van der Waals surface area contributed by atoms with E-state index >= 15 is 0 Å². The van der Waals surface area contributed by atoms with Crippen molar-refractivity contribution in [1.82, 2.24) is 4.90 Å². The number of methoxy groups -OCH3 is 1. The Morgan fingerprint density at radius 1 is 1.45 bits per heavy atom. The van der Waals surface area contributed by atoms with Crippen LogP contribution in [0, 0.1) is 0 Å². The minimum absolute atomic E-state index is 0.0261. The third-order valence-corrected chi connectivity index (χ3v) is 5.46. The Morgan fingerprint density at radius 3 is 2.95 bits per heavy atom. The molecule has 0 spiro atoms. The van der Waals surface area contributed by atoms with Gasteiger partial charge in [0.15, 0.2) is 5.17 Å². The Hall–Kier alpha value is -1.18. The summed E-state index contributed by atoms with van der Waals surface area (Å²) in [5, 5.41) is 2.90. The summed E-state index contributed by atoms with van der Waals surface area (Å²) in [6.07, 6.45) is 0. The summed E-state index contributed by atoms with van der Waals surface area (Å²) in [4.78, 5) is 1.89. The number of thioether (sulfide) groups is 1. The lowest BCUT2D eigenvalue weighted by Gasteiger charge is -2.25. The molecule has 0 fully saturated rings. The topological polar surface area (TPSA) is 59.0 Å². The largest absolute Gasteiger partial charge is 0.495 e. The van der Waals surface area contributed by atoms with Gasteiger partial charge in [0.05, 0.1) is 23.6 Å². The fourth-order valence-corrected chi connectivity index (χ4v) is 4.46. The molecular weight excluding hydrogens is 320 g/mol. The highest BCUT2D eigenvalue weighted by atomic mass is 35.5. The summed E-state index contributed by atoms with van der Waals surface area (Å²) in [6.45, 7) is 0.406. The molecule has 0 atom stereocenters. The number of amidine groups is 1. The van der Waals surface area contributed by atoms with Crippen molar-refractivity contribution in [2.24, 2.45) is 4.40 Å². The van der Waals surface area contributed by atoms with Crippen molar-refractivity contribution >= 4 is 44.3 Å². The highest BCUT2D eigenvalue weighted by Crippen LogP contribution is 2.37. The van der Waals surface area contributed by atoms with Crippen molar-refractivity contribution in [3.63, 3.8) is 0 Å². The standard InChI is InChI=1S/C12H11ClN2O3S2/c1-18-11-3-2-8(6-9(11)13)10-7-19-12-14-20(16,17)5-4-15(10)12/h2-3,6-7H,4-5H2,1H3. The summed E-state index contributed by atoms with van der Waals surface area (Å²) in [5.74, 6) is 0.634. The predicted octanol–water partition coefficient (Wildman–Crippen LogP) is 2.40.